The molecule has 1 aliphatic rings. The molecule has 15 heavy (non-hydrogen) atoms. The molecule has 1 fully saturated rings. The van der Waals surface area contributed by atoms with Crippen LogP contribution in [0, 0.1) is 0 Å². The Hall–Kier alpha value is -0.130. The van der Waals surface area contributed by atoms with E-state index in [1.54, 1.807) is 0 Å². The zero-order valence-corrected chi connectivity index (χ0v) is 11.4. The lowest BCUT2D eigenvalue weighted by atomic mass is 10.3. The number of halogens is 2. The van der Waals surface area contributed by atoms with Gasteiger partial charge >= 0.3 is 0 Å². The second kappa shape index (κ2) is 5.27. The number of ether oxygens (including phenoxy) is 1. The van der Waals surface area contributed by atoms with E-state index in [9.17, 15) is 0 Å². The van der Waals surface area contributed by atoms with Crippen LogP contribution in [0.5, 0.6) is 0 Å². The van der Waals surface area contributed by atoms with Crippen molar-refractivity contribution < 1.29 is 4.74 Å². The quantitative estimate of drug-likeness (QED) is 0.776. The molecule has 0 spiro atoms. The minimum absolute atomic E-state index is 0.257. The highest BCUT2D eigenvalue weighted by molar-refractivity contribution is 9.10. The molecule has 5 heteroatoms. The van der Waals surface area contributed by atoms with Crippen LogP contribution in [0.2, 0.25) is 0 Å². The van der Waals surface area contributed by atoms with E-state index in [0.29, 0.717) is 0 Å². The number of hydrogen-bond acceptors (Lipinski definition) is 3. The van der Waals surface area contributed by atoms with E-state index in [1.165, 1.54) is 0 Å². The van der Waals surface area contributed by atoms with Crippen LogP contribution in [0.15, 0.2) is 22.8 Å². The summed E-state index contributed by atoms with van der Waals surface area (Å²) in [5, 5.41) is 0.869. The van der Waals surface area contributed by atoms with E-state index in [1.807, 2.05) is 18.3 Å². The number of morpholine rings is 1. The van der Waals surface area contributed by atoms with E-state index >= 15 is 0 Å². The zero-order chi connectivity index (χ0) is 10.7. The number of pyridine rings is 1. The first-order chi connectivity index (χ1) is 7.31. The second-order valence-electron chi connectivity index (χ2n) is 3.40. The van der Waals surface area contributed by atoms with Gasteiger partial charge in [-0.1, -0.05) is 15.9 Å². The van der Waals surface area contributed by atoms with Gasteiger partial charge in [-0.05, 0) is 28.1 Å². The van der Waals surface area contributed by atoms with Gasteiger partial charge in [-0.15, -0.1) is 0 Å². The van der Waals surface area contributed by atoms with Crippen LogP contribution in [0.3, 0.4) is 0 Å². The summed E-state index contributed by atoms with van der Waals surface area (Å²) in [4.78, 5) is 6.63. The standard InChI is InChI=1S/C10H12Br2N2O/c11-6-8-7-14(4-5-15-8)10-9(12)2-1-3-13-10/h1-3,8H,4-7H2. The van der Waals surface area contributed by atoms with Crippen LogP contribution in [0.1, 0.15) is 0 Å². The smallest absolute Gasteiger partial charge is 0.143 e. The Morgan fingerprint density at radius 1 is 1.60 bits per heavy atom. The number of hydrogen-bond donors (Lipinski definition) is 0. The molecule has 2 heterocycles. The summed E-state index contributed by atoms with van der Waals surface area (Å²) in [5.41, 5.74) is 0. The fraction of sp³-hybridized carbons (Fsp3) is 0.500. The lowest BCUT2D eigenvalue weighted by molar-refractivity contribution is 0.0567. The van der Waals surface area contributed by atoms with Crippen molar-refractivity contribution in [1.29, 1.82) is 0 Å². The molecular formula is C10H12Br2N2O. The Morgan fingerprint density at radius 3 is 3.20 bits per heavy atom. The molecule has 82 valence electrons. The average molecular weight is 336 g/mol. The van der Waals surface area contributed by atoms with Gasteiger partial charge in [0.05, 0.1) is 17.2 Å². The summed E-state index contributed by atoms with van der Waals surface area (Å²) in [6, 6.07) is 3.94. The van der Waals surface area contributed by atoms with Crippen molar-refractivity contribution in [1.82, 2.24) is 4.98 Å². The molecule has 1 atom stereocenters. The molecule has 1 saturated heterocycles. The predicted molar refractivity (Wildman–Crippen MR) is 67.7 cm³/mol. The second-order valence-corrected chi connectivity index (χ2v) is 4.90. The third-order valence-corrected chi connectivity index (χ3v) is 3.69. The van der Waals surface area contributed by atoms with Gasteiger partial charge in [0.2, 0.25) is 0 Å². The van der Waals surface area contributed by atoms with E-state index in [0.717, 1.165) is 35.3 Å². The maximum Gasteiger partial charge on any atom is 0.143 e. The van der Waals surface area contributed by atoms with Gasteiger partial charge in [0.15, 0.2) is 0 Å². The minimum atomic E-state index is 0.257. The Morgan fingerprint density at radius 2 is 2.47 bits per heavy atom. The summed E-state index contributed by atoms with van der Waals surface area (Å²) in [6.45, 7) is 2.55. The third kappa shape index (κ3) is 2.71. The van der Waals surface area contributed by atoms with Crippen LogP contribution in [0.25, 0.3) is 0 Å². The van der Waals surface area contributed by atoms with E-state index in [4.69, 9.17) is 4.74 Å². The summed E-state index contributed by atoms with van der Waals surface area (Å²) in [6.07, 6.45) is 2.08. The van der Waals surface area contributed by atoms with Gasteiger partial charge < -0.3 is 9.64 Å². The van der Waals surface area contributed by atoms with E-state index < -0.39 is 0 Å². The fourth-order valence-electron chi connectivity index (χ4n) is 1.62. The first kappa shape index (κ1) is 11.4. The minimum Gasteiger partial charge on any atom is -0.374 e. The predicted octanol–water partition coefficient (Wildman–Crippen LogP) is 2.44. The number of alkyl halides is 1. The first-order valence-electron chi connectivity index (χ1n) is 4.84. The van der Waals surface area contributed by atoms with Crippen LogP contribution in [0.4, 0.5) is 5.82 Å². The van der Waals surface area contributed by atoms with Crippen molar-refractivity contribution >= 4 is 37.7 Å². The summed E-state index contributed by atoms with van der Waals surface area (Å²) in [5.74, 6) is 1.01. The molecule has 1 aromatic rings. The molecule has 0 saturated carbocycles. The molecular weight excluding hydrogens is 324 g/mol. The lowest BCUT2D eigenvalue weighted by Crippen LogP contribution is -2.43. The van der Waals surface area contributed by atoms with Crippen LogP contribution in [-0.2, 0) is 4.74 Å². The number of aromatic nitrogens is 1. The summed E-state index contributed by atoms with van der Waals surface area (Å²) in [7, 11) is 0. The van der Waals surface area contributed by atoms with Crippen molar-refractivity contribution in [3.63, 3.8) is 0 Å². The Bertz CT molecular complexity index is 335. The molecule has 0 aliphatic carbocycles. The highest BCUT2D eigenvalue weighted by Crippen LogP contribution is 2.24. The van der Waals surface area contributed by atoms with Crippen LogP contribution >= 0.6 is 31.9 Å². The molecule has 1 aliphatic heterocycles. The maximum absolute atomic E-state index is 5.59. The Kier molecular flexibility index (Phi) is 3.99. The molecule has 1 unspecified atom stereocenters. The topological polar surface area (TPSA) is 25.4 Å². The zero-order valence-electron chi connectivity index (χ0n) is 8.20. The van der Waals surface area contributed by atoms with Crippen molar-refractivity contribution in [3.05, 3.63) is 22.8 Å². The van der Waals surface area contributed by atoms with Crippen molar-refractivity contribution in [3.8, 4) is 0 Å². The first-order valence-corrected chi connectivity index (χ1v) is 6.75. The molecule has 3 nitrogen and oxygen atoms in total. The summed E-state index contributed by atoms with van der Waals surface area (Å²) >= 11 is 6.96. The monoisotopic (exact) mass is 334 g/mol. The van der Waals surface area contributed by atoms with Gasteiger partial charge in [-0.25, -0.2) is 4.98 Å². The molecule has 2 rings (SSSR count). The van der Waals surface area contributed by atoms with Gasteiger partial charge in [-0.2, -0.15) is 0 Å². The van der Waals surface area contributed by atoms with Crippen molar-refractivity contribution in [2.45, 2.75) is 6.10 Å². The molecule has 0 bridgehead atoms. The van der Waals surface area contributed by atoms with Gasteiger partial charge in [0.25, 0.3) is 0 Å². The van der Waals surface area contributed by atoms with Crippen LogP contribution in [-0.4, -0.2) is 36.1 Å². The highest BCUT2D eigenvalue weighted by atomic mass is 79.9. The lowest BCUT2D eigenvalue weighted by Gasteiger charge is -2.33. The molecule has 0 amide bonds. The molecule has 0 radical (unpaired) electrons. The van der Waals surface area contributed by atoms with Gasteiger partial charge in [0, 0.05) is 24.6 Å². The molecule has 1 aromatic heterocycles. The molecule has 0 aromatic carbocycles. The highest BCUT2D eigenvalue weighted by Gasteiger charge is 2.21. The molecule has 0 N–H and O–H groups in total. The van der Waals surface area contributed by atoms with E-state index in [-0.39, 0.29) is 6.10 Å². The number of rotatable bonds is 2. The SMILES string of the molecule is BrCC1CN(c2ncccc2Br)CCO1. The average Bonchev–Trinajstić information content (AvgIpc) is 2.30. The summed E-state index contributed by atoms with van der Waals surface area (Å²) < 4.78 is 6.63. The largest absolute Gasteiger partial charge is 0.374 e. The van der Waals surface area contributed by atoms with Crippen molar-refractivity contribution in [2.75, 3.05) is 29.9 Å². The van der Waals surface area contributed by atoms with E-state index in [2.05, 4.69) is 41.7 Å². The van der Waals surface area contributed by atoms with Gasteiger partial charge in [-0.3, -0.25) is 0 Å². The number of nitrogens with zero attached hydrogens (tertiary/aromatic N) is 2. The van der Waals surface area contributed by atoms with Crippen molar-refractivity contribution in [2.24, 2.45) is 0 Å². The number of anilines is 1. The Labute approximate surface area is 106 Å². The maximum atomic E-state index is 5.59. The van der Waals surface area contributed by atoms with Gasteiger partial charge in [0.1, 0.15) is 5.82 Å². The Balaban J connectivity index is 2.13. The van der Waals surface area contributed by atoms with Crippen LogP contribution < -0.4 is 4.90 Å². The third-order valence-electron chi connectivity index (χ3n) is 2.35. The fourth-order valence-corrected chi connectivity index (χ4v) is 2.51. The normalized spacial score (nSPS) is 21.7.